The van der Waals surface area contributed by atoms with Crippen LogP contribution in [0.1, 0.15) is 16.8 Å². The number of nitrogens with zero attached hydrogens (tertiary/aromatic N) is 2. The van der Waals surface area contributed by atoms with E-state index in [0.29, 0.717) is 11.1 Å². The van der Waals surface area contributed by atoms with E-state index in [1.165, 1.54) is 28.8 Å². The van der Waals surface area contributed by atoms with Crippen LogP contribution in [-0.4, -0.2) is 22.2 Å². The van der Waals surface area contributed by atoms with E-state index in [0.717, 1.165) is 49.3 Å². The lowest BCUT2D eigenvalue weighted by molar-refractivity contribution is -0.137. The molecule has 2 aromatic heterocycles. The van der Waals surface area contributed by atoms with E-state index < -0.39 is 11.7 Å². The van der Waals surface area contributed by atoms with Gasteiger partial charge in [-0.15, -0.1) is 12.4 Å². The SMILES string of the molecule is Cl.Cn1c2c(c3ccc(-n4cccc(-c5ccc(C(F)(F)F)cc5)c4=O)cc31)CCNCC2. The molecule has 0 saturated carbocycles. The van der Waals surface area contributed by atoms with Gasteiger partial charge in [0.25, 0.3) is 5.56 Å². The summed E-state index contributed by atoms with van der Waals surface area (Å²) in [7, 11) is 2.05. The highest BCUT2D eigenvalue weighted by Crippen LogP contribution is 2.31. The van der Waals surface area contributed by atoms with Crippen LogP contribution in [0.25, 0.3) is 27.7 Å². The summed E-state index contributed by atoms with van der Waals surface area (Å²) in [6, 6.07) is 14.1. The topological polar surface area (TPSA) is 39.0 Å². The van der Waals surface area contributed by atoms with Gasteiger partial charge in [-0.3, -0.25) is 9.36 Å². The molecule has 8 heteroatoms. The number of benzene rings is 2. The highest BCUT2D eigenvalue weighted by atomic mass is 35.5. The van der Waals surface area contributed by atoms with Crippen LogP contribution in [0.3, 0.4) is 0 Å². The van der Waals surface area contributed by atoms with Crippen molar-refractivity contribution in [2.45, 2.75) is 19.0 Å². The van der Waals surface area contributed by atoms with Crippen LogP contribution in [-0.2, 0) is 26.1 Å². The molecule has 0 saturated heterocycles. The fourth-order valence-corrected chi connectivity index (χ4v) is 4.60. The van der Waals surface area contributed by atoms with Crippen molar-refractivity contribution in [1.29, 1.82) is 0 Å². The normalized spacial score (nSPS) is 13.9. The van der Waals surface area contributed by atoms with Crippen molar-refractivity contribution < 1.29 is 13.2 Å². The zero-order valence-electron chi connectivity index (χ0n) is 17.9. The molecule has 0 atom stereocenters. The van der Waals surface area contributed by atoms with Gasteiger partial charge < -0.3 is 9.88 Å². The van der Waals surface area contributed by atoms with Gasteiger partial charge in [-0.2, -0.15) is 13.2 Å². The second kappa shape index (κ2) is 8.72. The highest BCUT2D eigenvalue weighted by Gasteiger charge is 2.30. The van der Waals surface area contributed by atoms with E-state index in [1.54, 1.807) is 22.9 Å². The van der Waals surface area contributed by atoms with Crippen LogP contribution in [0.15, 0.2) is 65.6 Å². The molecule has 0 spiro atoms. The fourth-order valence-electron chi connectivity index (χ4n) is 4.60. The maximum Gasteiger partial charge on any atom is 0.416 e. The molecule has 5 rings (SSSR count). The van der Waals surface area contributed by atoms with Crippen molar-refractivity contribution in [3.05, 3.63) is 88.0 Å². The van der Waals surface area contributed by atoms with Crippen molar-refractivity contribution in [2.24, 2.45) is 7.05 Å². The summed E-state index contributed by atoms with van der Waals surface area (Å²) < 4.78 is 42.4. The summed E-state index contributed by atoms with van der Waals surface area (Å²) in [6.07, 6.45) is -0.794. The molecule has 0 bridgehead atoms. The van der Waals surface area contributed by atoms with Crippen molar-refractivity contribution >= 4 is 23.3 Å². The number of hydrogen-bond donors (Lipinski definition) is 1. The molecule has 3 heterocycles. The average molecular weight is 474 g/mol. The van der Waals surface area contributed by atoms with Crippen LogP contribution in [0.4, 0.5) is 13.2 Å². The lowest BCUT2D eigenvalue weighted by Gasteiger charge is -2.11. The van der Waals surface area contributed by atoms with Crippen molar-refractivity contribution in [1.82, 2.24) is 14.5 Å². The van der Waals surface area contributed by atoms with E-state index in [4.69, 9.17) is 0 Å². The zero-order chi connectivity index (χ0) is 22.5. The van der Waals surface area contributed by atoms with E-state index in [-0.39, 0.29) is 18.0 Å². The number of nitrogens with one attached hydrogen (secondary N) is 1. The predicted molar refractivity (Wildman–Crippen MR) is 126 cm³/mol. The Morgan fingerprint density at radius 1 is 0.970 bits per heavy atom. The van der Waals surface area contributed by atoms with Gasteiger partial charge in [-0.1, -0.05) is 18.2 Å². The van der Waals surface area contributed by atoms with Gasteiger partial charge in [0.05, 0.1) is 16.8 Å². The lowest BCUT2D eigenvalue weighted by Crippen LogP contribution is -2.19. The first-order valence-electron chi connectivity index (χ1n) is 10.5. The number of aryl methyl sites for hydroxylation is 1. The van der Waals surface area contributed by atoms with Crippen LogP contribution in [0.2, 0.25) is 0 Å². The van der Waals surface area contributed by atoms with Crippen molar-refractivity contribution in [3.8, 4) is 16.8 Å². The number of rotatable bonds is 2. The Morgan fingerprint density at radius 3 is 2.42 bits per heavy atom. The number of fused-ring (bicyclic) bond motifs is 3. The van der Waals surface area contributed by atoms with Gasteiger partial charge in [-0.05, 0) is 60.5 Å². The molecule has 0 radical (unpaired) electrons. The molecule has 1 N–H and O–H groups in total. The van der Waals surface area contributed by atoms with Crippen molar-refractivity contribution in [3.63, 3.8) is 0 Å². The van der Waals surface area contributed by atoms with Crippen LogP contribution in [0, 0.1) is 0 Å². The number of halogens is 4. The minimum Gasteiger partial charge on any atom is -0.347 e. The zero-order valence-corrected chi connectivity index (χ0v) is 18.8. The van der Waals surface area contributed by atoms with Crippen LogP contribution in [0.5, 0.6) is 0 Å². The Labute approximate surface area is 195 Å². The summed E-state index contributed by atoms with van der Waals surface area (Å²) in [5, 5.41) is 4.63. The summed E-state index contributed by atoms with van der Waals surface area (Å²) in [4.78, 5) is 13.2. The molecule has 2 aromatic carbocycles. The summed E-state index contributed by atoms with van der Waals surface area (Å²) in [5.41, 5.74) is 4.27. The summed E-state index contributed by atoms with van der Waals surface area (Å²) in [6.45, 7) is 1.89. The molecular formula is C25H23ClF3N3O. The third-order valence-corrected chi connectivity index (χ3v) is 6.26. The van der Waals surface area contributed by atoms with Gasteiger partial charge >= 0.3 is 6.18 Å². The maximum atomic E-state index is 13.2. The molecular weight excluding hydrogens is 451 g/mol. The molecule has 33 heavy (non-hydrogen) atoms. The summed E-state index contributed by atoms with van der Waals surface area (Å²) >= 11 is 0. The first-order chi connectivity index (χ1) is 15.3. The molecule has 0 aliphatic carbocycles. The third kappa shape index (κ3) is 4.07. The molecule has 0 amide bonds. The van der Waals surface area contributed by atoms with E-state index >= 15 is 0 Å². The minimum atomic E-state index is -4.41. The van der Waals surface area contributed by atoms with Gasteiger partial charge in [0.1, 0.15) is 0 Å². The second-order valence-corrected chi connectivity index (χ2v) is 8.11. The van der Waals surface area contributed by atoms with Gasteiger partial charge in [0.15, 0.2) is 0 Å². The number of pyridine rings is 1. The lowest BCUT2D eigenvalue weighted by atomic mass is 10.0. The average Bonchev–Trinajstić information content (AvgIpc) is 2.93. The van der Waals surface area contributed by atoms with Crippen molar-refractivity contribution in [2.75, 3.05) is 13.1 Å². The Morgan fingerprint density at radius 2 is 1.70 bits per heavy atom. The number of alkyl halides is 3. The molecule has 4 aromatic rings. The largest absolute Gasteiger partial charge is 0.416 e. The first kappa shape index (κ1) is 23.1. The quantitative estimate of drug-likeness (QED) is 0.438. The first-order valence-corrected chi connectivity index (χ1v) is 10.5. The highest BCUT2D eigenvalue weighted by molar-refractivity contribution is 5.87. The van der Waals surface area contributed by atoms with E-state index in [9.17, 15) is 18.0 Å². The molecule has 1 aliphatic heterocycles. The molecule has 0 fully saturated rings. The van der Waals surface area contributed by atoms with Gasteiger partial charge in [-0.25, -0.2) is 0 Å². The van der Waals surface area contributed by atoms with Gasteiger partial charge in [0, 0.05) is 42.9 Å². The van der Waals surface area contributed by atoms with E-state index in [1.807, 2.05) is 12.1 Å². The smallest absolute Gasteiger partial charge is 0.347 e. The Bertz CT molecular complexity index is 1370. The predicted octanol–water partition coefficient (Wildman–Crippen LogP) is 5.13. The Kier molecular flexibility index (Phi) is 6.12. The van der Waals surface area contributed by atoms with Crippen LogP contribution < -0.4 is 10.9 Å². The molecule has 1 aliphatic rings. The van der Waals surface area contributed by atoms with Crippen LogP contribution >= 0.6 is 12.4 Å². The fraction of sp³-hybridized carbons (Fsp3) is 0.240. The standard InChI is InChI=1S/C25H22F3N3O.ClH/c1-30-22-11-13-29-12-10-21(22)20-9-8-18(15-23(20)30)31-14-2-3-19(24(31)32)16-4-6-17(7-5-16)25(26,27)28;/h2-9,14-15,29H,10-13H2,1H3;1H. The molecule has 0 unspecified atom stereocenters. The molecule has 172 valence electrons. The monoisotopic (exact) mass is 473 g/mol. The maximum absolute atomic E-state index is 13.2. The minimum absolute atomic E-state index is 0. The number of aromatic nitrogens is 2. The third-order valence-electron chi connectivity index (χ3n) is 6.26. The van der Waals surface area contributed by atoms with Gasteiger partial charge in [0.2, 0.25) is 0 Å². The Hall–Kier alpha value is -3.03. The number of hydrogen-bond acceptors (Lipinski definition) is 2. The summed E-state index contributed by atoms with van der Waals surface area (Å²) in [5.74, 6) is 0. The Balaban J connectivity index is 0.00000259. The molecule has 4 nitrogen and oxygen atoms in total. The van der Waals surface area contributed by atoms with E-state index in [2.05, 4.69) is 23.0 Å². The second-order valence-electron chi connectivity index (χ2n) is 8.11.